The van der Waals surface area contributed by atoms with E-state index in [9.17, 15) is 0 Å². The van der Waals surface area contributed by atoms with Crippen molar-refractivity contribution in [1.29, 1.82) is 0 Å². The number of ether oxygens (including phenoxy) is 1. The molecule has 0 aromatic heterocycles. The van der Waals surface area contributed by atoms with Crippen LogP contribution in [0, 0.1) is 0 Å². The molecule has 0 bridgehead atoms. The summed E-state index contributed by atoms with van der Waals surface area (Å²) >= 11 is 3.33. The molecular formula is C9H11BrO. The minimum absolute atomic E-state index is 0.873. The fraction of sp³-hybridized carbons (Fsp3) is 0.111. The molecule has 0 fully saturated rings. The van der Waals surface area contributed by atoms with Crippen LogP contribution in [0.15, 0.2) is 41.9 Å². The van der Waals surface area contributed by atoms with Gasteiger partial charge in [-0.1, -0.05) is 12.1 Å². The second kappa shape index (κ2) is 5.98. The van der Waals surface area contributed by atoms with Crippen LogP contribution >= 0.6 is 15.9 Å². The molecule has 0 saturated carbocycles. The van der Waals surface area contributed by atoms with Crippen molar-refractivity contribution in [3.05, 3.63) is 41.9 Å². The van der Waals surface area contributed by atoms with Crippen LogP contribution in [-0.2, 0) is 0 Å². The first-order chi connectivity index (χ1) is 5.34. The van der Waals surface area contributed by atoms with Gasteiger partial charge in [0, 0.05) is 0 Å². The Bertz CT molecular complexity index is 210. The molecule has 0 heterocycles. The lowest BCUT2D eigenvalue weighted by molar-refractivity contribution is 0.412. The minimum atomic E-state index is 0.873. The number of halogens is 1. The van der Waals surface area contributed by atoms with E-state index in [-0.39, 0.29) is 0 Å². The van der Waals surface area contributed by atoms with Crippen molar-refractivity contribution in [2.24, 2.45) is 0 Å². The summed E-state index contributed by atoms with van der Waals surface area (Å²) in [7, 11) is 1.65. The zero-order valence-electron chi connectivity index (χ0n) is 6.51. The van der Waals surface area contributed by atoms with E-state index in [1.54, 1.807) is 7.11 Å². The fourth-order valence-electron chi connectivity index (χ4n) is 0.610. The van der Waals surface area contributed by atoms with E-state index in [1.165, 1.54) is 0 Å². The maximum absolute atomic E-state index is 5.00. The van der Waals surface area contributed by atoms with Gasteiger partial charge in [-0.3, -0.25) is 0 Å². The van der Waals surface area contributed by atoms with Gasteiger partial charge < -0.3 is 4.74 Å². The van der Waals surface area contributed by atoms with Crippen LogP contribution in [0.4, 0.5) is 0 Å². The molecule has 60 valence electrons. The monoisotopic (exact) mass is 214 g/mol. The Morgan fingerprint density at radius 3 is 2.18 bits per heavy atom. The van der Waals surface area contributed by atoms with Crippen LogP contribution in [0.25, 0.3) is 0 Å². The molecule has 0 radical (unpaired) electrons. The molecule has 0 aliphatic carbocycles. The van der Waals surface area contributed by atoms with E-state index in [1.807, 2.05) is 24.3 Å². The predicted octanol–water partition coefficient (Wildman–Crippen LogP) is 3.26. The quantitative estimate of drug-likeness (QED) is 0.653. The summed E-state index contributed by atoms with van der Waals surface area (Å²) in [6.07, 6.45) is 0. The van der Waals surface area contributed by atoms with Gasteiger partial charge in [-0.2, -0.15) is 0 Å². The Morgan fingerprint density at radius 1 is 1.27 bits per heavy atom. The Balaban J connectivity index is 0.000000461. The van der Waals surface area contributed by atoms with Crippen molar-refractivity contribution in [2.45, 2.75) is 0 Å². The highest BCUT2D eigenvalue weighted by Gasteiger charge is 1.92. The molecule has 0 atom stereocenters. The lowest BCUT2D eigenvalue weighted by atomic mass is 10.3. The average molecular weight is 215 g/mol. The van der Waals surface area contributed by atoms with Gasteiger partial charge in [0.25, 0.3) is 0 Å². The highest BCUT2D eigenvalue weighted by atomic mass is 79.9. The van der Waals surface area contributed by atoms with Crippen LogP contribution < -0.4 is 4.74 Å². The summed E-state index contributed by atoms with van der Waals surface area (Å²) in [4.78, 5) is 0. The zero-order valence-corrected chi connectivity index (χ0v) is 8.10. The van der Waals surface area contributed by atoms with E-state index in [0.29, 0.717) is 0 Å². The number of methoxy groups -OCH3 is 1. The fourth-order valence-corrected chi connectivity index (χ4v) is 1.06. The number of rotatable bonds is 1. The first-order valence-electron chi connectivity index (χ1n) is 3.13. The number of hydrogen-bond acceptors (Lipinski definition) is 1. The largest absolute Gasteiger partial charge is 0.496 e. The predicted molar refractivity (Wildman–Crippen MR) is 51.9 cm³/mol. The van der Waals surface area contributed by atoms with Crippen molar-refractivity contribution in [3.63, 3.8) is 0 Å². The van der Waals surface area contributed by atoms with Gasteiger partial charge in [-0.25, -0.2) is 0 Å². The van der Waals surface area contributed by atoms with Crippen LogP contribution in [0.1, 0.15) is 0 Å². The van der Waals surface area contributed by atoms with E-state index in [4.69, 9.17) is 4.74 Å². The van der Waals surface area contributed by atoms with E-state index < -0.39 is 0 Å². The molecule has 0 spiro atoms. The third-order valence-electron chi connectivity index (χ3n) is 1.06. The van der Waals surface area contributed by atoms with Gasteiger partial charge in [0.1, 0.15) is 5.75 Å². The third kappa shape index (κ3) is 3.23. The van der Waals surface area contributed by atoms with Crippen LogP contribution in [0.5, 0.6) is 5.75 Å². The Kier molecular flexibility index (Phi) is 5.57. The Labute approximate surface area is 75.8 Å². The average Bonchev–Trinajstić information content (AvgIpc) is 2.09. The minimum Gasteiger partial charge on any atom is -0.496 e. The number of benzene rings is 1. The topological polar surface area (TPSA) is 9.23 Å². The molecule has 1 aromatic rings. The van der Waals surface area contributed by atoms with E-state index in [0.717, 1.165) is 10.2 Å². The van der Waals surface area contributed by atoms with Gasteiger partial charge in [-0.05, 0) is 28.1 Å². The molecule has 0 N–H and O–H groups in total. The first kappa shape index (κ1) is 10.2. The summed E-state index contributed by atoms with van der Waals surface area (Å²) in [5, 5.41) is 0. The molecular weight excluding hydrogens is 204 g/mol. The highest BCUT2D eigenvalue weighted by Crippen LogP contribution is 2.22. The summed E-state index contributed by atoms with van der Waals surface area (Å²) in [6.45, 7) is 6.00. The zero-order chi connectivity index (χ0) is 8.69. The van der Waals surface area contributed by atoms with Crippen molar-refractivity contribution < 1.29 is 4.74 Å². The normalized spacial score (nSPS) is 7.82. The van der Waals surface area contributed by atoms with Crippen molar-refractivity contribution in [2.75, 3.05) is 7.11 Å². The standard InChI is InChI=1S/C7H7BrO.C2H4/c1-9-7-5-3-2-4-6(7)8;1-2/h2-5H,1H3;1-2H2. The Morgan fingerprint density at radius 2 is 1.82 bits per heavy atom. The van der Waals surface area contributed by atoms with Gasteiger partial charge in [-0.15, -0.1) is 13.2 Å². The van der Waals surface area contributed by atoms with Gasteiger partial charge in [0.15, 0.2) is 0 Å². The van der Waals surface area contributed by atoms with Crippen molar-refractivity contribution in [1.82, 2.24) is 0 Å². The summed E-state index contributed by atoms with van der Waals surface area (Å²) in [6, 6.07) is 7.74. The molecule has 0 aliphatic heterocycles. The van der Waals surface area contributed by atoms with Crippen molar-refractivity contribution in [3.8, 4) is 5.75 Å². The molecule has 0 amide bonds. The molecule has 0 unspecified atom stereocenters. The van der Waals surface area contributed by atoms with Gasteiger partial charge >= 0.3 is 0 Å². The summed E-state index contributed by atoms with van der Waals surface area (Å²) in [5.41, 5.74) is 0. The van der Waals surface area contributed by atoms with Gasteiger partial charge in [0.05, 0.1) is 11.6 Å². The molecule has 1 rings (SSSR count). The lowest BCUT2D eigenvalue weighted by Crippen LogP contribution is -1.81. The second-order valence-electron chi connectivity index (χ2n) is 1.63. The van der Waals surface area contributed by atoms with Crippen LogP contribution in [-0.4, -0.2) is 7.11 Å². The highest BCUT2D eigenvalue weighted by molar-refractivity contribution is 9.10. The molecule has 1 nitrogen and oxygen atoms in total. The van der Waals surface area contributed by atoms with Crippen LogP contribution in [0.2, 0.25) is 0 Å². The van der Waals surface area contributed by atoms with Crippen LogP contribution in [0.3, 0.4) is 0 Å². The van der Waals surface area contributed by atoms with E-state index in [2.05, 4.69) is 29.1 Å². The molecule has 0 aliphatic rings. The molecule has 0 saturated heterocycles. The SMILES string of the molecule is C=C.COc1ccccc1Br. The maximum atomic E-state index is 5.00. The Hall–Kier alpha value is -0.760. The number of para-hydroxylation sites is 1. The summed E-state index contributed by atoms with van der Waals surface area (Å²) in [5.74, 6) is 0.873. The number of hydrogen-bond donors (Lipinski definition) is 0. The molecule has 11 heavy (non-hydrogen) atoms. The smallest absolute Gasteiger partial charge is 0.133 e. The van der Waals surface area contributed by atoms with Crippen molar-refractivity contribution >= 4 is 15.9 Å². The second-order valence-corrected chi connectivity index (χ2v) is 2.49. The molecule has 2 heteroatoms. The maximum Gasteiger partial charge on any atom is 0.133 e. The first-order valence-corrected chi connectivity index (χ1v) is 3.92. The summed E-state index contributed by atoms with van der Waals surface area (Å²) < 4.78 is 5.99. The van der Waals surface area contributed by atoms with E-state index >= 15 is 0 Å². The molecule has 1 aromatic carbocycles. The van der Waals surface area contributed by atoms with Gasteiger partial charge in [0.2, 0.25) is 0 Å². The lowest BCUT2D eigenvalue weighted by Gasteiger charge is -1.99. The third-order valence-corrected chi connectivity index (χ3v) is 1.71.